The number of fused-ring (bicyclic) bond motifs is 1. The van der Waals surface area contributed by atoms with Crippen molar-refractivity contribution in [1.29, 1.82) is 0 Å². The summed E-state index contributed by atoms with van der Waals surface area (Å²) in [6, 6.07) is 4.08. The monoisotopic (exact) mass is 472 g/mol. The number of esters is 1. The molecular formula is C21H24N6O7. The summed E-state index contributed by atoms with van der Waals surface area (Å²) >= 11 is 0. The number of carbonyl (C=O) groups is 1. The lowest BCUT2D eigenvalue weighted by Crippen LogP contribution is -2.39. The maximum absolute atomic E-state index is 12.8. The molecule has 0 amide bonds. The molecule has 1 fully saturated rings. The quantitative estimate of drug-likeness (QED) is 0.207. The molecule has 0 aliphatic carbocycles. The van der Waals surface area contributed by atoms with Crippen LogP contribution < -0.4 is 16.1 Å². The van der Waals surface area contributed by atoms with Gasteiger partial charge in [-0.1, -0.05) is 0 Å². The third-order valence-corrected chi connectivity index (χ3v) is 5.72. The number of nitro groups is 1. The fourth-order valence-electron chi connectivity index (χ4n) is 3.94. The summed E-state index contributed by atoms with van der Waals surface area (Å²) in [5.74, 6) is -0.715. The van der Waals surface area contributed by atoms with Gasteiger partial charge >= 0.3 is 11.7 Å². The fourth-order valence-corrected chi connectivity index (χ4v) is 3.94. The Labute approximate surface area is 192 Å². The first-order valence-electron chi connectivity index (χ1n) is 10.7. The lowest BCUT2D eigenvalue weighted by atomic mass is 10.1. The van der Waals surface area contributed by atoms with Gasteiger partial charge in [0.15, 0.2) is 11.2 Å². The molecular weight excluding hydrogens is 448 g/mol. The van der Waals surface area contributed by atoms with Gasteiger partial charge in [0.1, 0.15) is 0 Å². The molecule has 1 aliphatic heterocycles. The summed E-state index contributed by atoms with van der Waals surface area (Å²) in [4.78, 5) is 54.8. The number of aromatic nitrogens is 4. The minimum atomic E-state index is -0.715. The standard InChI is InChI=1S/C21H24N6O7/c1-23-13-22-18-17(23)19(28)26(21(30)24(18)2)6-3-9-34-20(29)15-12-14(27(31)32)4-5-16(15)25-7-10-33-11-8-25/h4-5,12-13H,3,6-11H2,1-2H3. The second kappa shape index (κ2) is 9.47. The number of non-ortho nitro benzene ring substituents is 1. The first-order valence-corrected chi connectivity index (χ1v) is 10.7. The van der Waals surface area contributed by atoms with E-state index in [0.29, 0.717) is 43.2 Å². The topological polar surface area (TPSA) is 144 Å². The molecule has 0 atom stereocenters. The maximum Gasteiger partial charge on any atom is 0.340 e. The number of carbonyl (C=O) groups excluding carboxylic acids is 1. The van der Waals surface area contributed by atoms with Crippen LogP contribution in [-0.4, -0.2) is 62.5 Å². The zero-order valence-electron chi connectivity index (χ0n) is 18.8. The van der Waals surface area contributed by atoms with Gasteiger partial charge in [0.25, 0.3) is 11.2 Å². The van der Waals surface area contributed by atoms with Crippen molar-refractivity contribution in [2.24, 2.45) is 14.1 Å². The number of morpholine rings is 1. The van der Waals surface area contributed by atoms with Gasteiger partial charge in [-0.2, -0.15) is 0 Å². The van der Waals surface area contributed by atoms with Crippen molar-refractivity contribution < 1.29 is 19.2 Å². The largest absolute Gasteiger partial charge is 0.462 e. The van der Waals surface area contributed by atoms with Crippen molar-refractivity contribution in [3.8, 4) is 0 Å². The average molecular weight is 472 g/mol. The van der Waals surface area contributed by atoms with Crippen molar-refractivity contribution in [2.75, 3.05) is 37.8 Å². The van der Waals surface area contributed by atoms with Gasteiger partial charge in [0.2, 0.25) is 0 Å². The van der Waals surface area contributed by atoms with E-state index in [4.69, 9.17) is 9.47 Å². The molecule has 3 heterocycles. The summed E-state index contributed by atoms with van der Waals surface area (Å²) in [6.45, 7) is 2.00. The summed E-state index contributed by atoms with van der Waals surface area (Å²) in [5, 5.41) is 11.2. The number of rotatable bonds is 7. The highest BCUT2D eigenvalue weighted by atomic mass is 16.6. The SMILES string of the molecule is Cn1cnc2c1c(=O)n(CCCOC(=O)c1cc([N+](=O)[O-])ccc1N1CCOCC1)c(=O)n2C. The third-order valence-electron chi connectivity index (χ3n) is 5.72. The van der Waals surface area contributed by atoms with Crippen molar-refractivity contribution in [1.82, 2.24) is 18.7 Å². The smallest absolute Gasteiger partial charge is 0.340 e. The van der Waals surface area contributed by atoms with E-state index in [0.717, 1.165) is 4.57 Å². The van der Waals surface area contributed by atoms with Crippen LogP contribution in [0, 0.1) is 10.1 Å². The van der Waals surface area contributed by atoms with Gasteiger partial charge in [0.05, 0.1) is 42.3 Å². The van der Waals surface area contributed by atoms with E-state index in [2.05, 4.69) is 4.98 Å². The van der Waals surface area contributed by atoms with Gasteiger partial charge in [0, 0.05) is 45.9 Å². The van der Waals surface area contributed by atoms with E-state index in [1.54, 1.807) is 11.6 Å². The van der Waals surface area contributed by atoms with Crippen LogP contribution in [0.3, 0.4) is 0 Å². The molecule has 0 bridgehead atoms. The predicted molar refractivity (Wildman–Crippen MR) is 121 cm³/mol. The van der Waals surface area contributed by atoms with E-state index < -0.39 is 22.1 Å². The molecule has 1 aliphatic rings. The number of ether oxygens (including phenoxy) is 2. The number of hydrogen-bond donors (Lipinski definition) is 0. The lowest BCUT2D eigenvalue weighted by molar-refractivity contribution is -0.384. The average Bonchev–Trinajstić information content (AvgIpc) is 3.23. The molecule has 13 heteroatoms. The van der Waals surface area contributed by atoms with Crippen LogP contribution in [0.15, 0.2) is 34.1 Å². The summed E-state index contributed by atoms with van der Waals surface area (Å²) in [5.41, 5.74) is -0.00418. The number of imidazole rings is 1. The predicted octanol–water partition coefficient (Wildman–Crippen LogP) is 0.426. The molecule has 13 nitrogen and oxygen atoms in total. The van der Waals surface area contributed by atoms with Gasteiger partial charge in [-0.25, -0.2) is 14.6 Å². The molecule has 1 aromatic carbocycles. The Morgan fingerprint density at radius 1 is 1.24 bits per heavy atom. The van der Waals surface area contributed by atoms with Crippen molar-refractivity contribution in [2.45, 2.75) is 13.0 Å². The normalized spacial score (nSPS) is 13.9. The van der Waals surface area contributed by atoms with Gasteiger partial charge in [-0.15, -0.1) is 0 Å². The summed E-state index contributed by atoms with van der Waals surface area (Å²) in [6.07, 6.45) is 1.66. The number of nitro benzene ring substituents is 1. The Bertz CT molecular complexity index is 1370. The Morgan fingerprint density at radius 2 is 1.97 bits per heavy atom. The summed E-state index contributed by atoms with van der Waals surface area (Å²) in [7, 11) is 3.20. The van der Waals surface area contributed by atoms with Crippen LogP contribution in [0.1, 0.15) is 16.8 Å². The van der Waals surface area contributed by atoms with Crippen molar-refractivity contribution >= 4 is 28.5 Å². The third kappa shape index (κ3) is 4.29. The number of hydrogen-bond acceptors (Lipinski definition) is 9. The summed E-state index contributed by atoms with van der Waals surface area (Å²) < 4.78 is 14.6. The molecule has 0 N–H and O–H groups in total. The van der Waals surface area contributed by atoms with Crippen molar-refractivity contribution in [3.63, 3.8) is 0 Å². The van der Waals surface area contributed by atoms with E-state index >= 15 is 0 Å². The number of anilines is 1. The van der Waals surface area contributed by atoms with E-state index in [1.165, 1.54) is 36.1 Å². The van der Waals surface area contributed by atoms with Crippen LogP contribution in [0.4, 0.5) is 11.4 Å². The van der Waals surface area contributed by atoms with Crippen LogP contribution in [-0.2, 0) is 30.1 Å². The van der Waals surface area contributed by atoms with Crippen molar-refractivity contribution in [3.05, 3.63) is 61.0 Å². The second-order valence-electron chi connectivity index (χ2n) is 7.87. The van der Waals surface area contributed by atoms with Crippen LogP contribution in [0.25, 0.3) is 11.2 Å². The molecule has 2 aromatic heterocycles. The van der Waals surface area contributed by atoms with Gasteiger partial charge in [-0.05, 0) is 12.5 Å². The van der Waals surface area contributed by atoms with Gasteiger partial charge in [-0.3, -0.25) is 24.0 Å². The highest BCUT2D eigenvalue weighted by molar-refractivity contribution is 5.96. The molecule has 34 heavy (non-hydrogen) atoms. The number of nitrogens with zero attached hydrogens (tertiary/aromatic N) is 6. The fraction of sp³-hybridized carbons (Fsp3) is 0.429. The van der Waals surface area contributed by atoms with Crippen LogP contribution >= 0.6 is 0 Å². The first-order chi connectivity index (χ1) is 16.3. The molecule has 4 rings (SSSR count). The minimum Gasteiger partial charge on any atom is -0.462 e. The molecule has 180 valence electrons. The highest BCUT2D eigenvalue weighted by Gasteiger charge is 2.23. The second-order valence-corrected chi connectivity index (χ2v) is 7.87. The lowest BCUT2D eigenvalue weighted by Gasteiger charge is -2.30. The highest BCUT2D eigenvalue weighted by Crippen LogP contribution is 2.27. The van der Waals surface area contributed by atoms with E-state index in [-0.39, 0.29) is 30.8 Å². The minimum absolute atomic E-state index is 0.0329. The van der Waals surface area contributed by atoms with Crippen LogP contribution in [0.2, 0.25) is 0 Å². The molecule has 0 radical (unpaired) electrons. The molecule has 3 aromatic rings. The number of benzene rings is 1. The molecule has 0 saturated carbocycles. The Balaban J connectivity index is 1.49. The Kier molecular flexibility index (Phi) is 6.45. The first kappa shape index (κ1) is 23.2. The zero-order chi connectivity index (χ0) is 24.4. The maximum atomic E-state index is 12.8. The van der Waals surface area contributed by atoms with Gasteiger partial charge < -0.3 is 18.9 Å². The zero-order valence-corrected chi connectivity index (χ0v) is 18.8. The van der Waals surface area contributed by atoms with E-state index in [1.807, 2.05) is 4.90 Å². The molecule has 0 spiro atoms. The Morgan fingerprint density at radius 3 is 2.68 bits per heavy atom. The van der Waals surface area contributed by atoms with E-state index in [9.17, 15) is 24.5 Å². The molecule has 0 unspecified atom stereocenters. The number of aryl methyl sites for hydroxylation is 2. The Hall–Kier alpha value is -4.00. The van der Waals surface area contributed by atoms with Crippen LogP contribution in [0.5, 0.6) is 0 Å². The molecule has 1 saturated heterocycles.